The van der Waals surface area contributed by atoms with Gasteiger partial charge in [-0.15, -0.1) is 5.10 Å². The monoisotopic (exact) mass is 343 g/mol. The number of rotatable bonds is 4. The number of carbonyl (C=O) groups is 2. The Morgan fingerprint density at radius 2 is 1.96 bits per heavy atom. The summed E-state index contributed by atoms with van der Waals surface area (Å²) >= 11 is 0. The van der Waals surface area contributed by atoms with Crippen LogP contribution in [0.15, 0.2) is 18.5 Å². The fraction of sp³-hybridized carbons (Fsp3) is 0.333. The normalized spacial score (nSPS) is 11.7. The molecule has 0 saturated carbocycles. The first-order chi connectivity index (χ1) is 11.7. The van der Waals surface area contributed by atoms with E-state index in [0.29, 0.717) is 11.5 Å². The minimum atomic E-state index is -1.23. The molecule has 0 aliphatic rings. The molecule has 3 aromatic rings. The molecule has 0 aliphatic carbocycles. The van der Waals surface area contributed by atoms with Gasteiger partial charge in [-0.1, -0.05) is 0 Å². The lowest BCUT2D eigenvalue weighted by Gasteiger charge is -2.19. The van der Waals surface area contributed by atoms with Crippen LogP contribution in [0, 0.1) is 13.8 Å². The Kier molecular flexibility index (Phi) is 3.74. The molecule has 0 saturated heterocycles. The molecule has 3 aromatic heterocycles. The number of anilines is 1. The van der Waals surface area contributed by atoms with Gasteiger partial charge < -0.3 is 10.4 Å². The quantitative estimate of drug-likeness (QED) is 0.723. The van der Waals surface area contributed by atoms with Crippen molar-refractivity contribution in [3.05, 3.63) is 35.7 Å². The zero-order valence-corrected chi connectivity index (χ0v) is 14.2. The van der Waals surface area contributed by atoms with E-state index >= 15 is 0 Å². The van der Waals surface area contributed by atoms with Gasteiger partial charge in [-0.25, -0.2) is 14.3 Å². The second-order valence-corrected chi connectivity index (χ2v) is 6.18. The van der Waals surface area contributed by atoms with Crippen LogP contribution in [0.4, 0.5) is 5.69 Å². The molecule has 0 bridgehead atoms. The molecule has 2 N–H and O–H groups in total. The molecular weight excluding hydrogens is 326 g/mol. The fourth-order valence-electron chi connectivity index (χ4n) is 2.24. The van der Waals surface area contributed by atoms with E-state index in [1.54, 1.807) is 0 Å². The first-order valence-corrected chi connectivity index (χ1v) is 7.49. The topological polar surface area (TPSA) is 127 Å². The summed E-state index contributed by atoms with van der Waals surface area (Å²) in [6.07, 6.45) is 2.81. The highest BCUT2D eigenvalue weighted by Gasteiger charge is 2.30. The van der Waals surface area contributed by atoms with E-state index in [9.17, 15) is 14.7 Å². The number of carboxylic acid groups (broad SMARTS) is 1. The average Bonchev–Trinajstić information content (AvgIpc) is 3.14. The Balaban J connectivity index is 1.85. The van der Waals surface area contributed by atoms with Gasteiger partial charge in [0.2, 0.25) is 5.82 Å². The summed E-state index contributed by atoms with van der Waals surface area (Å²) in [6, 6.07) is 1.83. The van der Waals surface area contributed by atoms with E-state index in [4.69, 9.17) is 0 Å². The zero-order chi connectivity index (χ0) is 18.4. The number of hydrogen-bond acceptors (Lipinski definition) is 6. The summed E-state index contributed by atoms with van der Waals surface area (Å²) in [5, 5.41) is 19.9. The third-order valence-corrected chi connectivity index (χ3v) is 3.76. The molecule has 3 rings (SSSR count). The second-order valence-electron chi connectivity index (χ2n) is 6.18. The second kappa shape index (κ2) is 5.65. The van der Waals surface area contributed by atoms with E-state index in [1.807, 2.05) is 19.9 Å². The predicted octanol–water partition coefficient (Wildman–Crippen LogP) is 1.01. The fourth-order valence-corrected chi connectivity index (χ4v) is 2.24. The minimum Gasteiger partial charge on any atom is -0.479 e. The van der Waals surface area contributed by atoms with Gasteiger partial charge in [0, 0.05) is 17.6 Å². The molecule has 0 fully saturated rings. The van der Waals surface area contributed by atoms with Gasteiger partial charge in [0.1, 0.15) is 0 Å². The highest BCUT2D eigenvalue weighted by atomic mass is 16.4. The summed E-state index contributed by atoms with van der Waals surface area (Å²) in [6.45, 7) is 6.69. The maximum atomic E-state index is 12.3. The molecule has 0 spiro atoms. The van der Waals surface area contributed by atoms with Crippen LogP contribution in [0.25, 0.3) is 5.78 Å². The number of fused-ring (bicyclic) bond motifs is 1. The molecule has 1 amide bonds. The van der Waals surface area contributed by atoms with Crippen molar-refractivity contribution < 1.29 is 14.7 Å². The summed E-state index contributed by atoms with van der Waals surface area (Å²) in [7, 11) is 0. The number of aliphatic carboxylic acids is 1. The van der Waals surface area contributed by atoms with E-state index in [1.165, 1.54) is 35.4 Å². The molecule has 25 heavy (non-hydrogen) atoms. The van der Waals surface area contributed by atoms with Crippen molar-refractivity contribution in [2.45, 2.75) is 33.2 Å². The van der Waals surface area contributed by atoms with Crippen molar-refractivity contribution >= 4 is 23.3 Å². The number of hydrogen-bond donors (Lipinski definition) is 2. The SMILES string of the molecule is Cc1cc(C)n2nc(C(=O)Nc3cnn(C(C)(C)C(=O)O)c3)nc2n1. The van der Waals surface area contributed by atoms with Crippen molar-refractivity contribution in [1.29, 1.82) is 0 Å². The van der Waals surface area contributed by atoms with Crippen molar-refractivity contribution in [2.75, 3.05) is 5.32 Å². The van der Waals surface area contributed by atoms with Gasteiger partial charge in [-0.05, 0) is 33.8 Å². The van der Waals surface area contributed by atoms with E-state index in [0.717, 1.165) is 11.4 Å². The van der Waals surface area contributed by atoms with Crippen LogP contribution in [0.3, 0.4) is 0 Å². The number of nitrogens with one attached hydrogen (secondary N) is 1. The third-order valence-electron chi connectivity index (χ3n) is 3.76. The van der Waals surface area contributed by atoms with Gasteiger partial charge in [-0.3, -0.25) is 9.48 Å². The Morgan fingerprint density at radius 1 is 1.24 bits per heavy atom. The molecule has 0 aromatic carbocycles. The Hall–Kier alpha value is -3.30. The van der Waals surface area contributed by atoms with Gasteiger partial charge in [0.15, 0.2) is 5.54 Å². The number of carbonyl (C=O) groups excluding carboxylic acids is 1. The number of aryl methyl sites for hydroxylation is 2. The Bertz CT molecular complexity index is 986. The average molecular weight is 343 g/mol. The number of aromatic nitrogens is 6. The van der Waals surface area contributed by atoms with Crippen LogP contribution in [-0.2, 0) is 10.3 Å². The zero-order valence-electron chi connectivity index (χ0n) is 14.2. The van der Waals surface area contributed by atoms with Crippen LogP contribution in [0.5, 0.6) is 0 Å². The molecular formula is C15H17N7O3. The first kappa shape index (κ1) is 16.6. The van der Waals surface area contributed by atoms with E-state index in [2.05, 4.69) is 25.5 Å². The van der Waals surface area contributed by atoms with E-state index < -0.39 is 17.4 Å². The first-order valence-electron chi connectivity index (χ1n) is 7.49. The highest BCUT2D eigenvalue weighted by Crippen LogP contribution is 2.17. The molecule has 0 aliphatic heterocycles. The van der Waals surface area contributed by atoms with Crippen molar-refractivity contribution in [3.63, 3.8) is 0 Å². The van der Waals surface area contributed by atoms with Gasteiger partial charge in [0.05, 0.1) is 11.9 Å². The molecule has 0 radical (unpaired) electrons. The summed E-state index contributed by atoms with van der Waals surface area (Å²) in [5.41, 5.74) is 0.703. The largest absolute Gasteiger partial charge is 0.479 e. The van der Waals surface area contributed by atoms with Crippen LogP contribution in [-0.4, -0.2) is 46.3 Å². The third kappa shape index (κ3) is 2.93. The van der Waals surface area contributed by atoms with Crippen molar-refractivity contribution in [3.8, 4) is 0 Å². The van der Waals surface area contributed by atoms with Gasteiger partial charge in [-0.2, -0.15) is 10.1 Å². The number of nitrogens with zero attached hydrogens (tertiary/aromatic N) is 6. The maximum absolute atomic E-state index is 12.3. The van der Waals surface area contributed by atoms with Crippen LogP contribution < -0.4 is 5.32 Å². The smallest absolute Gasteiger partial charge is 0.331 e. The van der Waals surface area contributed by atoms with Crippen molar-refractivity contribution in [1.82, 2.24) is 29.4 Å². The standard InChI is InChI=1S/C15H17N7O3/c1-8-5-9(2)22-14(17-8)19-11(20-22)12(23)18-10-6-16-21(7-10)15(3,4)13(24)25/h5-7H,1-4H3,(H,18,23)(H,24,25). The van der Waals surface area contributed by atoms with Crippen molar-refractivity contribution in [2.24, 2.45) is 0 Å². The molecule has 10 heteroatoms. The summed E-state index contributed by atoms with van der Waals surface area (Å²) < 4.78 is 2.75. The molecule has 0 unspecified atom stereocenters. The Morgan fingerprint density at radius 3 is 2.64 bits per heavy atom. The summed E-state index contributed by atoms with van der Waals surface area (Å²) in [5.74, 6) is -1.26. The Labute approximate surface area is 142 Å². The van der Waals surface area contributed by atoms with E-state index in [-0.39, 0.29) is 5.82 Å². The summed E-state index contributed by atoms with van der Waals surface area (Å²) in [4.78, 5) is 31.9. The molecule has 130 valence electrons. The van der Waals surface area contributed by atoms with Crippen LogP contribution in [0.2, 0.25) is 0 Å². The lowest BCUT2D eigenvalue weighted by molar-refractivity contribution is -0.146. The number of carboxylic acids is 1. The molecule has 3 heterocycles. The maximum Gasteiger partial charge on any atom is 0.331 e. The lowest BCUT2D eigenvalue weighted by Crippen LogP contribution is -2.35. The van der Waals surface area contributed by atoms with Gasteiger partial charge >= 0.3 is 5.97 Å². The molecule has 10 nitrogen and oxygen atoms in total. The van der Waals surface area contributed by atoms with Crippen LogP contribution in [0.1, 0.15) is 35.9 Å². The molecule has 0 atom stereocenters. The van der Waals surface area contributed by atoms with Gasteiger partial charge in [0.25, 0.3) is 11.7 Å². The minimum absolute atomic E-state index is 0.0357. The lowest BCUT2D eigenvalue weighted by atomic mass is 10.1. The highest BCUT2D eigenvalue weighted by molar-refractivity contribution is 6.01. The predicted molar refractivity (Wildman–Crippen MR) is 87.4 cm³/mol. The van der Waals surface area contributed by atoms with Crippen LogP contribution >= 0.6 is 0 Å². The number of amides is 1.